The van der Waals surface area contributed by atoms with Gasteiger partial charge in [-0.3, -0.25) is 4.72 Å². The molecule has 2 aromatic heterocycles. The van der Waals surface area contributed by atoms with E-state index < -0.39 is 10.0 Å². The summed E-state index contributed by atoms with van der Waals surface area (Å²) < 4.78 is 33.4. The van der Waals surface area contributed by atoms with Gasteiger partial charge in [0.05, 0.1) is 42.6 Å². The van der Waals surface area contributed by atoms with E-state index in [0.717, 1.165) is 60.7 Å². The Morgan fingerprint density at radius 1 is 0.970 bits per heavy atom. The Bertz CT molecular complexity index is 1380. The molecule has 0 amide bonds. The second kappa shape index (κ2) is 8.72. The molecule has 0 aliphatic carbocycles. The summed E-state index contributed by atoms with van der Waals surface area (Å²) in [5.74, 6) is 0.438. The molecule has 10 heteroatoms. The first-order valence-corrected chi connectivity index (χ1v) is 12.5. The number of hydrogen-bond acceptors (Lipinski definition) is 7. The summed E-state index contributed by atoms with van der Waals surface area (Å²) >= 11 is 0. The third kappa shape index (κ3) is 4.76. The number of anilines is 4. The number of para-hydroxylation sites is 1. The van der Waals surface area contributed by atoms with Crippen LogP contribution in [0.5, 0.6) is 0 Å². The number of morpholine rings is 1. The van der Waals surface area contributed by atoms with Gasteiger partial charge in [-0.1, -0.05) is 18.2 Å². The molecule has 0 bridgehead atoms. The number of nitrogens with zero attached hydrogens (tertiary/aromatic N) is 4. The van der Waals surface area contributed by atoms with E-state index in [1.165, 1.54) is 0 Å². The van der Waals surface area contributed by atoms with Crippen LogP contribution >= 0.6 is 0 Å². The second-order valence-corrected chi connectivity index (χ2v) is 9.58. The molecule has 2 aromatic carbocycles. The number of rotatable bonds is 6. The topological polar surface area (TPSA) is 101 Å². The first-order valence-electron chi connectivity index (χ1n) is 10.6. The summed E-state index contributed by atoms with van der Waals surface area (Å²) in [7, 11) is -3.42. The van der Waals surface area contributed by atoms with Gasteiger partial charge in [0.25, 0.3) is 0 Å². The van der Waals surface area contributed by atoms with Crippen molar-refractivity contribution >= 4 is 38.6 Å². The molecule has 1 aliphatic rings. The minimum Gasteiger partial charge on any atom is -0.378 e. The number of benzene rings is 2. The molecule has 1 fully saturated rings. The highest BCUT2D eigenvalue weighted by molar-refractivity contribution is 7.92. The normalized spacial score (nSPS) is 14.4. The Labute approximate surface area is 192 Å². The predicted octanol–water partition coefficient (Wildman–Crippen LogP) is 3.35. The van der Waals surface area contributed by atoms with Crippen molar-refractivity contribution in [2.45, 2.75) is 0 Å². The lowest BCUT2D eigenvalue weighted by Gasteiger charge is -2.28. The van der Waals surface area contributed by atoms with Crippen molar-refractivity contribution < 1.29 is 13.2 Å². The lowest BCUT2D eigenvalue weighted by molar-refractivity contribution is 0.122. The van der Waals surface area contributed by atoms with Gasteiger partial charge in [0.2, 0.25) is 16.0 Å². The highest BCUT2D eigenvalue weighted by Crippen LogP contribution is 2.30. The average Bonchev–Trinajstić information content (AvgIpc) is 3.23. The van der Waals surface area contributed by atoms with Gasteiger partial charge in [-0.15, -0.1) is 5.10 Å². The summed E-state index contributed by atoms with van der Waals surface area (Å²) in [6.45, 7) is 3.27. The summed E-state index contributed by atoms with van der Waals surface area (Å²) in [4.78, 5) is 6.72. The molecule has 1 saturated heterocycles. The minimum absolute atomic E-state index is 0.438. The van der Waals surface area contributed by atoms with Gasteiger partial charge in [0, 0.05) is 30.0 Å². The number of hydrogen-bond donors (Lipinski definition) is 2. The van der Waals surface area contributed by atoms with Crippen molar-refractivity contribution in [2.75, 3.05) is 47.5 Å². The van der Waals surface area contributed by atoms with Crippen LogP contribution in [0.25, 0.3) is 16.8 Å². The zero-order valence-corrected chi connectivity index (χ0v) is 18.9. The SMILES string of the molecule is CS(=O)(=O)Nc1ccccc1-c1ccc2cnc(Nc3ccc(N4CCOCC4)cc3)nn12. The van der Waals surface area contributed by atoms with Gasteiger partial charge in [-0.25, -0.2) is 17.9 Å². The molecule has 0 spiro atoms. The van der Waals surface area contributed by atoms with Crippen molar-refractivity contribution in [1.29, 1.82) is 0 Å². The van der Waals surface area contributed by atoms with Gasteiger partial charge < -0.3 is 15.0 Å². The van der Waals surface area contributed by atoms with E-state index >= 15 is 0 Å². The van der Waals surface area contributed by atoms with Crippen molar-refractivity contribution in [2.24, 2.45) is 0 Å². The molecule has 4 aromatic rings. The largest absolute Gasteiger partial charge is 0.378 e. The van der Waals surface area contributed by atoms with Gasteiger partial charge in [-0.05, 0) is 42.5 Å². The van der Waals surface area contributed by atoms with Crippen LogP contribution in [0.2, 0.25) is 0 Å². The molecule has 3 heterocycles. The maximum Gasteiger partial charge on any atom is 0.245 e. The second-order valence-electron chi connectivity index (χ2n) is 7.83. The zero-order valence-electron chi connectivity index (χ0n) is 18.1. The van der Waals surface area contributed by atoms with E-state index in [2.05, 4.69) is 37.2 Å². The van der Waals surface area contributed by atoms with Crippen LogP contribution in [0.15, 0.2) is 66.9 Å². The Hall–Kier alpha value is -3.63. The number of sulfonamides is 1. The molecule has 0 atom stereocenters. The molecule has 5 rings (SSSR count). The van der Waals surface area contributed by atoms with Crippen LogP contribution < -0.4 is 14.9 Å². The van der Waals surface area contributed by atoms with E-state index in [9.17, 15) is 8.42 Å². The Kier molecular flexibility index (Phi) is 5.61. The summed E-state index contributed by atoms with van der Waals surface area (Å²) in [6.07, 6.45) is 2.86. The fraction of sp³-hybridized carbons (Fsp3) is 0.217. The number of aromatic nitrogens is 3. The number of fused-ring (bicyclic) bond motifs is 1. The first-order chi connectivity index (χ1) is 16.0. The van der Waals surface area contributed by atoms with E-state index in [1.54, 1.807) is 22.8 Å². The fourth-order valence-electron chi connectivity index (χ4n) is 3.86. The van der Waals surface area contributed by atoms with Gasteiger partial charge in [0.15, 0.2) is 0 Å². The maximum absolute atomic E-state index is 11.8. The van der Waals surface area contributed by atoms with Crippen molar-refractivity contribution in [3.63, 3.8) is 0 Å². The zero-order chi connectivity index (χ0) is 22.8. The van der Waals surface area contributed by atoms with Gasteiger partial charge in [0.1, 0.15) is 0 Å². The van der Waals surface area contributed by atoms with Gasteiger partial charge >= 0.3 is 0 Å². The number of nitrogens with one attached hydrogen (secondary N) is 2. The molecule has 2 N–H and O–H groups in total. The van der Waals surface area contributed by atoms with Crippen molar-refractivity contribution in [3.05, 3.63) is 66.9 Å². The quantitative estimate of drug-likeness (QED) is 0.451. The van der Waals surface area contributed by atoms with Crippen LogP contribution in [0.1, 0.15) is 0 Å². The first kappa shape index (κ1) is 21.2. The van der Waals surface area contributed by atoms with Crippen LogP contribution in [0.4, 0.5) is 23.0 Å². The van der Waals surface area contributed by atoms with Crippen LogP contribution in [0.3, 0.4) is 0 Å². The fourth-order valence-corrected chi connectivity index (χ4v) is 4.44. The standard InChI is InChI=1S/C23H24N6O3S/c1-33(30,31)27-21-5-3-2-4-20(21)22-11-10-19-16-24-23(26-29(19)22)25-17-6-8-18(9-7-17)28-12-14-32-15-13-28/h2-11,16,27H,12-15H2,1H3,(H,25,26). The van der Waals surface area contributed by atoms with Crippen molar-refractivity contribution in [1.82, 2.24) is 14.6 Å². The highest BCUT2D eigenvalue weighted by Gasteiger charge is 2.14. The lowest BCUT2D eigenvalue weighted by atomic mass is 10.1. The monoisotopic (exact) mass is 464 g/mol. The van der Waals surface area contributed by atoms with Crippen LogP contribution in [-0.2, 0) is 14.8 Å². The molecule has 1 aliphatic heterocycles. The molecule has 33 heavy (non-hydrogen) atoms. The van der Waals surface area contributed by atoms with E-state index in [4.69, 9.17) is 4.74 Å². The smallest absolute Gasteiger partial charge is 0.245 e. The molecule has 0 unspecified atom stereocenters. The number of ether oxygens (including phenoxy) is 1. The average molecular weight is 465 g/mol. The van der Waals surface area contributed by atoms with Gasteiger partial charge in [-0.2, -0.15) is 0 Å². The summed E-state index contributed by atoms with van der Waals surface area (Å²) in [6, 6.07) is 19.2. The summed E-state index contributed by atoms with van der Waals surface area (Å²) in [5.41, 5.74) is 4.80. The molecule has 9 nitrogen and oxygen atoms in total. The highest BCUT2D eigenvalue weighted by atomic mass is 32.2. The maximum atomic E-state index is 11.8. The van der Waals surface area contributed by atoms with Crippen LogP contribution in [0, 0.1) is 0 Å². The Morgan fingerprint density at radius 3 is 2.48 bits per heavy atom. The Balaban J connectivity index is 1.42. The third-order valence-electron chi connectivity index (χ3n) is 5.40. The summed E-state index contributed by atoms with van der Waals surface area (Å²) in [5, 5.41) is 7.90. The Morgan fingerprint density at radius 2 is 1.73 bits per heavy atom. The molecular formula is C23H24N6O3S. The predicted molar refractivity (Wildman–Crippen MR) is 130 cm³/mol. The molecule has 0 saturated carbocycles. The third-order valence-corrected chi connectivity index (χ3v) is 5.99. The van der Waals surface area contributed by atoms with Crippen molar-refractivity contribution in [3.8, 4) is 11.3 Å². The molecule has 0 radical (unpaired) electrons. The molecular weight excluding hydrogens is 440 g/mol. The van der Waals surface area contributed by atoms with E-state index in [1.807, 2.05) is 36.4 Å². The van der Waals surface area contributed by atoms with E-state index in [0.29, 0.717) is 11.6 Å². The lowest BCUT2D eigenvalue weighted by Crippen LogP contribution is -2.36. The van der Waals surface area contributed by atoms with E-state index in [-0.39, 0.29) is 0 Å². The van der Waals surface area contributed by atoms with Crippen LogP contribution in [-0.4, -0.2) is 55.6 Å². The molecule has 170 valence electrons. The minimum atomic E-state index is -3.42.